The molecule has 1 aromatic heterocycles. The number of hydrogen-bond donors (Lipinski definition) is 0. The first-order valence-electron chi connectivity index (χ1n) is 15.0. The Kier molecular flexibility index (Phi) is 8.62. The van der Waals surface area contributed by atoms with E-state index in [9.17, 15) is 19.7 Å². The van der Waals surface area contributed by atoms with E-state index in [0.29, 0.717) is 27.3 Å². The number of carbonyl (C=O) groups excluding carboxylic acids is 2. The number of benzene rings is 5. The van der Waals surface area contributed by atoms with Crippen LogP contribution in [-0.4, -0.2) is 36.6 Å². The second-order valence-corrected chi connectivity index (χ2v) is 12.1. The Morgan fingerprint density at radius 3 is 1.71 bits per heavy atom. The Balaban J connectivity index is 1.29. The molecule has 0 unspecified atom stereocenters. The summed E-state index contributed by atoms with van der Waals surface area (Å²) in [6.45, 7) is 0. The minimum Gasteiger partial charge on any atom is -0.270 e. The highest BCUT2D eigenvalue weighted by molar-refractivity contribution is 7.99. The van der Waals surface area contributed by atoms with Crippen molar-refractivity contribution in [2.45, 2.75) is 10.1 Å². The van der Waals surface area contributed by atoms with Crippen molar-refractivity contribution in [2.75, 3.05) is 9.80 Å². The molecule has 0 radical (unpaired) electrons. The van der Waals surface area contributed by atoms with E-state index in [4.69, 9.17) is 12.2 Å². The van der Waals surface area contributed by atoms with E-state index < -0.39 is 16.7 Å². The fourth-order valence-corrected chi connectivity index (χ4v) is 6.69. The summed E-state index contributed by atoms with van der Waals surface area (Å²) in [6, 6.07) is 41.1. The van der Waals surface area contributed by atoms with Crippen molar-refractivity contribution >= 4 is 64.0 Å². The number of rotatable bonds is 8. The van der Waals surface area contributed by atoms with Crippen LogP contribution in [-0.2, 0) is 9.59 Å². The van der Waals surface area contributed by atoms with Gasteiger partial charge < -0.3 is 0 Å². The molecule has 6 aromatic rings. The summed E-state index contributed by atoms with van der Waals surface area (Å²) in [7, 11) is 0. The van der Waals surface area contributed by atoms with Gasteiger partial charge in [-0.15, -0.1) is 10.2 Å². The molecule has 0 bridgehead atoms. The van der Waals surface area contributed by atoms with E-state index in [0.717, 1.165) is 23.0 Å². The Morgan fingerprint density at radius 2 is 1.18 bits per heavy atom. The van der Waals surface area contributed by atoms with Crippen LogP contribution in [0, 0.1) is 10.1 Å². The molecule has 0 N–H and O–H groups in total. The fraction of sp³-hybridized carbons (Fsp3) is 0. The molecule has 238 valence electrons. The van der Waals surface area contributed by atoms with Gasteiger partial charge in [-0.3, -0.25) is 34.1 Å². The molecule has 12 heteroatoms. The third kappa shape index (κ3) is 6.13. The molecule has 0 spiro atoms. The maximum absolute atomic E-state index is 13.9. The quantitative estimate of drug-likeness (QED) is 0.0527. The van der Waals surface area contributed by atoms with Crippen molar-refractivity contribution in [3.8, 4) is 17.1 Å². The summed E-state index contributed by atoms with van der Waals surface area (Å²) in [5.74, 6) is -0.700. The summed E-state index contributed by atoms with van der Waals surface area (Å²) >= 11 is 6.77. The predicted octanol–water partition coefficient (Wildman–Crippen LogP) is 7.74. The lowest BCUT2D eigenvalue weighted by Crippen LogP contribution is -2.56. The number of nitro benzene ring substituents is 1. The third-order valence-electron chi connectivity index (χ3n) is 7.65. The first-order valence-corrected chi connectivity index (χ1v) is 16.2. The van der Waals surface area contributed by atoms with Gasteiger partial charge in [0, 0.05) is 17.3 Å². The van der Waals surface area contributed by atoms with Crippen LogP contribution in [0.1, 0.15) is 5.56 Å². The summed E-state index contributed by atoms with van der Waals surface area (Å²) in [6.07, 6.45) is 1.36. The Hall–Kier alpha value is -6.24. The molecule has 0 aliphatic carbocycles. The average molecular weight is 681 g/mol. The molecular formula is C37H24N6O4S2. The SMILES string of the molecule is O=C1C(=Cc2ccc(Sc3nnc(-c4ccccc4)n3-c3ccccc3)c([N+](=O)[O-])c2)C(=O)N(c2ccccc2)C(=S)N1c1ccccc1. The first kappa shape index (κ1) is 31.4. The molecule has 49 heavy (non-hydrogen) atoms. The minimum absolute atomic E-state index is 0.000298. The van der Waals surface area contributed by atoms with Gasteiger partial charge in [0.1, 0.15) is 5.57 Å². The number of aromatic nitrogens is 3. The van der Waals surface area contributed by atoms with Crippen LogP contribution in [0.4, 0.5) is 17.1 Å². The third-order valence-corrected chi connectivity index (χ3v) is 9.03. The number of hydrogen-bond acceptors (Lipinski definition) is 8. The maximum atomic E-state index is 13.9. The minimum atomic E-state index is -0.640. The van der Waals surface area contributed by atoms with Crippen LogP contribution in [0.15, 0.2) is 155 Å². The molecular weight excluding hydrogens is 657 g/mol. The van der Waals surface area contributed by atoms with Gasteiger partial charge in [0.25, 0.3) is 17.5 Å². The monoisotopic (exact) mass is 680 g/mol. The zero-order valence-electron chi connectivity index (χ0n) is 25.5. The normalized spacial score (nSPS) is 13.1. The zero-order chi connectivity index (χ0) is 33.9. The Bertz CT molecular complexity index is 2180. The number of amides is 2. The van der Waals surface area contributed by atoms with E-state index in [1.54, 1.807) is 72.8 Å². The van der Waals surface area contributed by atoms with Crippen molar-refractivity contribution in [3.63, 3.8) is 0 Å². The molecule has 1 fully saturated rings. The van der Waals surface area contributed by atoms with Gasteiger partial charge in [0.15, 0.2) is 10.9 Å². The summed E-state index contributed by atoms with van der Waals surface area (Å²) < 4.78 is 1.85. The second-order valence-electron chi connectivity index (χ2n) is 10.7. The molecule has 1 saturated heterocycles. The number of anilines is 2. The standard InChI is InChI=1S/C37H24N6O4S2/c44-34-30(35(45)42(29-19-11-4-12-20-29)37(48)41(34)28-17-9-3-10-18-28)23-25-21-22-32(31(24-25)43(46)47)49-36-39-38-33(26-13-5-1-6-14-26)40(36)27-15-7-2-8-16-27/h1-24H. The summed E-state index contributed by atoms with van der Waals surface area (Å²) in [4.78, 5) is 42.6. The zero-order valence-corrected chi connectivity index (χ0v) is 27.1. The van der Waals surface area contributed by atoms with Crippen molar-refractivity contribution < 1.29 is 14.5 Å². The van der Waals surface area contributed by atoms with Gasteiger partial charge in [0.05, 0.1) is 21.2 Å². The second kappa shape index (κ2) is 13.5. The highest BCUT2D eigenvalue weighted by Crippen LogP contribution is 2.38. The molecule has 5 aromatic carbocycles. The Labute approximate surface area is 290 Å². The number of carbonyl (C=O) groups is 2. The van der Waals surface area contributed by atoms with E-state index in [1.165, 1.54) is 21.9 Å². The lowest BCUT2D eigenvalue weighted by atomic mass is 10.0. The first-order chi connectivity index (χ1) is 23.9. The molecule has 0 saturated carbocycles. The molecule has 2 heterocycles. The largest absolute Gasteiger partial charge is 0.283 e. The topological polar surface area (TPSA) is 114 Å². The van der Waals surface area contributed by atoms with Crippen molar-refractivity contribution in [2.24, 2.45) is 0 Å². The highest BCUT2D eigenvalue weighted by atomic mass is 32.2. The van der Waals surface area contributed by atoms with Gasteiger partial charge in [-0.05, 0) is 78.1 Å². The van der Waals surface area contributed by atoms with Crippen LogP contribution >= 0.6 is 24.0 Å². The predicted molar refractivity (Wildman–Crippen MR) is 192 cm³/mol. The van der Waals surface area contributed by atoms with E-state index >= 15 is 0 Å². The van der Waals surface area contributed by atoms with Gasteiger partial charge in [-0.2, -0.15) is 0 Å². The van der Waals surface area contributed by atoms with Crippen LogP contribution in [0.5, 0.6) is 0 Å². The summed E-state index contributed by atoms with van der Waals surface area (Å²) in [5, 5.41) is 21.7. The van der Waals surface area contributed by atoms with Crippen LogP contribution < -0.4 is 9.80 Å². The lowest BCUT2D eigenvalue weighted by molar-refractivity contribution is -0.387. The van der Waals surface area contributed by atoms with Crippen LogP contribution in [0.25, 0.3) is 23.2 Å². The number of nitrogens with zero attached hydrogens (tertiary/aromatic N) is 6. The Morgan fingerprint density at radius 1 is 0.673 bits per heavy atom. The maximum Gasteiger partial charge on any atom is 0.283 e. The number of para-hydroxylation sites is 3. The van der Waals surface area contributed by atoms with E-state index in [-0.39, 0.29) is 21.9 Å². The van der Waals surface area contributed by atoms with Gasteiger partial charge in [0.2, 0.25) is 5.16 Å². The fourth-order valence-electron chi connectivity index (χ4n) is 5.38. The van der Waals surface area contributed by atoms with Crippen molar-refractivity contribution in [3.05, 3.63) is 161 Å². The number of thiocarbonyl (C=S) groups is 1. The summed E-state index contributed by atoms with van der Waals surface area (Å²) in [5.41, 5.74) is 2.44. The van der Waals surface area contributed by atoms with Gasteiger partial charge in [-0.25, -0.2) is 0 Å². The molecule has 1 aliphatic heterocycles. The highest BCUT2D eigenvalue weighted by Gasteiger charge is 2.41. The smallest absolute Gasteiger partial charge is 0.270 e. The molecule has 0 atom stereocenters. The van der Waals surface area contributed by atoms with Crippen LogP contribution in [0.3, 0.4) is 0 Å². The van der Waals surface area contributed by atoms with Crippen LogP contribution in [0.2, 0.25) is 0 Å². The average Bonchev–Trinajstić information content (AvgIpc) is 3.55. The van der Waals surface area contributed by atoms with E-state index in [1.807, 2.05) is 65.2 Å². The van der Waals surface area contributed by atoms with Gasteiger partial charge in [-0.1, -0.05) is 91.0 Å². The molecule has 10 nitrogen and oxygen atoms in total. The van der Waals surface area contributed by atoms with Crippen molar-refractivity contribution in [1.82, 2.24) is 14.8 Å². The number of nitro groups is 1. The van der Waals surface area contributed by atoms with E-state index in [2.05, 4.69) is 10.2 Å². The lowest BCUT2D eigenvalue weighted by Gasteiger charge is -2.36. The van der Waals surface area contributed by atoms with Crippen molar-refractivity contribution in [1.29, 1.82) is 0 Å². The molecule has 1 aliphatic rings. The molecule has 7 rings (SSSR count). The van der Waals surface area contributed by atoms with Gasteiger partial charge >= 0.3 is 0 Å². The molecule has 2 amide bonds.